The number of nitriles is 1. The Bertz CT molecular complexity index is 1210. The minimum absolute atomic E-state index is 0.0241. The molecule has 0 radical (unpaired) electrons. The molecule has 3 aromatic rings. The van der Waals surface area contributed by atoms with E-state index in [0.717, 1.165) is 4.88 Å². The highest BCUT2D eigenvalue weighted by Crippen LogP contribution is 2.31. The van der Waals surface area contributed by atoms with Gasteiger partial charge in [-0.3, -0.25) is 14.9 Å². The van der Waals surface area contributed by atoms with Crippen molar-refractivity contribution in [2.24, 2.45) is 0 Å². The molecule has 3 rings (SSSR count). The Balaban J connectivity index is 1.78. The summed E-state index contributed by atoms with van der Waals surface area (Å²) in [6.07, 6.45) is 1.42. The van der Waals surface area contributed by atoms with Crippen molar-refractivity contribution in [1.82, 2.24) is 0 Å². The second kappa shape index (κ2) is 8.81. The molecule has 0 atom stereocenters. The van der Waals surface area contributed by atoms with Crippen molar-refractivity contribution in [3.63, 3.8) is 0 Å². The quantitative estimate of drug-likeness (QED) is 0.260. The number of nitrogens with one attached hydrogen (secondary N) is 1. The van der Waals surface area contributed by atoms with E-state index in [1.165, 1.54) is 53.8 Å². The number of nitro groups is 1. The van der Waals surface area contributed by atoms with Crippen molar-refractivity contribution >= 4 is 40.7 Å². The van der Waals surface area contributed by atoms with Crippen LogP contribution in [-0.2, 0) is 4.79 Å². The Hall–Kier alpha value is -4.29. The van der Waals surface area contributed by atoms with Gasteiger partial charge in [0.2, 0.25) is 0 Å². The van der Waals surface area contributed by atoms with Gasteiger partial charge in [0.05, 0.1) is 10.5 Å². The third-order valence-corrected chi connectivity index (χ3v) is 5.09. The molecule has 1 aromatic heterocycles. The lowest BCUT2D eigenvalue weighted by Crippen LogP contribution is -2.13. The number of nitrogens with zero attached hydrogens (tertiary/aromatic N) is 2. The maximum atomic E-state index is 12.4. The highest BCUT2D eigenvalue weighted by molar-refractivity contribution is 7.16. The fourth-order valence-corrected chi connectivity index (χ4v) is 3.49. The zero-order chi connectivity index (χ0) is 21.7. The number of non-ortho nitro benzene ring substituents is 1. The van der Waals surface area contributed by atoms with Gasteiger partial charge in [-0.1, -0.05) is 12.1 Å². The smallest absolute Gasteiger partial charge is 0.335 e. The molecule has 0 saturated heterocycles. The van der Waals surface area contributed by atoms with E-state index in [0.29, 0.717) is 16.1 Å². The van der Waals surface area contributed by atoms with Gasteiger partial charge in [-0.05, 0) is 48.0 Å². The van der Waals surface area contributed by atoms with Gasteiger partial charge in [0.15, 0.2) is 0 Å². The number of hydrogen-bond acceptors (Lipinski definition) is 6. The van der Waals surface area contributed by atoms with E-state index in [1.54, 1.807) is 24.3 Å². The average molecular weight is 419 g/mol. The molecule has 2 N–H and O–H groups in total. The van der Waals surface area contributed by atoms with E-state index >= 15 is 0 Å². The Kier molecular flexibility index (Phi) is 6.00. The molecule has 0 saturated carbocycles. The first-order valence-electron chi connectivity index (χ1n) is 8.48. The SMILES string of the molecule is N#C/C(=C\c1ccc(-c2cccc([N+](=O)[O-])c2)s1)C(=O)Nc1ccc(C(=O)O)cc1. The standard InChI is InChI=1S/C21H13N3O5S/c22-12-15(20(25)23-16-6-4-13(5-7-16)21(26)27)11-18-8-9-19(30-18)14-2-1-3-17(10-14)24(28)29/h1-11H,(H,23,25)(H,26,27)/b15-11+. The van der Waals surface area contributed by atoms with Crippen molar-refractivity contribution in [2.75, 3.05) is 5.32 Å². The van der Waals surface area contributed by atoms with Crippen LogP contribution in [0.25, 0.3) is 16.5 Å². The normalized spacial score (nSPS) is 10.8. The third kappa shape index (κ3) is 4.76. The van der Waals surface area contributed by atoms with Crippen LogP contribution in [-0.4, -0.2) is 21.9 Å². The van der Waals surface area contributed by atoms with Crippen LogP contribution in [0, 0.1) is 21.4 Å². The van der Waals surface area contributed by atoms with Gasteiger partial charge in [-0.2, -0.15) is 5.26 Å². The first-order chi connectivity index (χ1) is 14.4. The number of carboxylic acid groups (broad SMARTS) is 1. The topological polar surface area (TPSA) is 133 Å². The largest absolute Gasteiger partial charge is 0.478 e. The molecule has 2 aromatic carbocycles. The van der Waals surface area contributed by atoms with Crippen molar-refractivity contribution in [3.8, 4) is 16.5 Å². The van der Waals surface area contributed by atoms with E-state index in [9.17, 15) is 25.0 Å². The van der Waals surface area contributed by atoms with Crippen LogP contribution in [0.4, 0.5) is 11.4 Å². The number of benzene rings is 2. The van der Waals surface area contributed by atoms with E-state index < -0.39 is 16.8 Å². The van der Waals surface area contributed by atoms with Crippen molar-refractivity contribution in [3.05, 3.63) is 86.8 Å². The maximum Gasteiger partial charge on any atom is 0.335 e. The average Bonchev–Trinajstić information content (AvgIpc) is 3.21. The van der Waals surface area contributed by atoms with Gasteiger partial charge in [0.1, 0.15) is 11.6 Å². The lowest BCUT2D eigenvalue weighted by atomic mass is 10.1. The summed E-state index contributed by atoms with van der Waals surface area (Å²) in [4.78, 5) is 35.1. The number of carbonyl (C=O) groups is 2. The molecular weight excluding hydrogens is 406 g/mol. The van der Waals surface area contributed by atoms with Crippen LogP contribution in [0.1, 0.15) is 15.2 Å². The Labute approximate surface area is 174 Å². The predicted molar refractivity (Wildman–Crippen MR) is 112 cm³/mol. The fraction of sp³-hybridized carbons (Fsp3) is 0. The van der Waals surface area contributed by atoms with Crippen LogP contribution >= 0.6 is 11.3 Å². The van der Waals surface area contributed by atoms with Crippen LogP contribution in [0.5, 0.6) is 0 Å². The molecule has 0 aliphatic carbocycles. The van der Waals surface area contributed by atoms with Gasteiger partial charge < -0.3 is 10.4 Å². The van der Waals surface area contributed by atoms with Gasteiger partial charge in [-0.25, -0.2) is 4.79 Å². The monoisotopic (exact) mass is 419 g/mol. The van der Waals surface area contributed by atoms with Crippen LogP contribution in [0.3, 0.4) is 0 Å². The molecule has 1 amide bonds. The lowest BCUT2D eigenvalue weighted by molar-refractivity contribution is -0.384. The fourth-order valence-electron chi connectivity index (χ4n) is 2.54. The number of anilines is 1. The number of nitro benzene ring substituents is 1. The highest BCUT2D eigenvalue weighted by Gasteiger charge is 2.12. The summed E-state index contributed by atoms with van der Waals surface area (Å²) < 4.78 is 0. The number of carbonyl (C=O) groups excluding carboxylic acids is 1. The Morgan fingerprint density at radius 2 is 1.87 bits per heavy atom. The summed E-state index contributed by atoms with van der Waals surface area (Å²) in [5.41, 5.74) is 0.940. The molecule has 0 fully saturated rings. The number of thiophene rings is 1. The zero-order valence-electron chi connectivity index (χ0n) is 15.2. The Morgan fingerprint density at radius 3 is 2.50 bits per heavy atom. The molecule has 148 valence electrons. The van der Waals surface area contributed by atoms with Gasteiger partial charge in [0, 0.05) is 27.6 Å². The second-order valence-electron chi connectivity index (χ2n) is 6.02. The summed E-state index contributed by atoms with van der Waals surface area (Å²) >= 11 is 1.28. The predicted octanol–water partition coefficient (Wildman–Crippen LogP) is 4.57. The number of rotatable bonds is 6. The summed E-state index contributed by atoms with van der Waals surface area (Å²) in [6, 6.07) is 17.1. The number of aromatic carboxylic acids is 1. The first-order valence-corrected chi connectivity index (χ1v) is 9.30. The summed E-state index contributed by atoms with van der Waals surface area (Å²) in [7, 11) is 0. The number of amides is 1. The molecule has 0 aliphatic rings. The van der Waals surface area contributed by atoms with E-state index in [-0.39, 0.29) is 16.8 Å². The maximum absolute atomic E-state index is 12.4. The molecule has 8 nitrogen and oxygen atoms in total. The zero-order valence-corrected chi connectivity index (χ0v) is 16.1. The highest BCUT2D eigenvalue weighted by atomic mass is 32.1. The van der Waals surface area contributed by atoms with Crippen LogP contribution < -0.4 is 5.32 Å². The summed E-state index contributed by atoms with van der Waals surface area (Å²) in [5.74, 6) is -1.71. The second-order valence-corrected chi connectivity index (χ2v) is 7.13. The molecule has 0 bridgehead atoms. The van der Waals surface area contributed by atoms with Gasteiger partial charge in [-0.15, -0.1) is 11.3 Å². The lowest BCUT2D eigenvalue weighted by Gasteiger charge is -2.04. The third-order valence-electron chi connectivity index (χ3n) is 4.01. The molecule has 0 aliphatic heterocycles. The number of carboxylic acids is 1. The molecule has 0 unspecified atom stereocenters. The summed E-state index contributed by atoms with van der Waals surface area (Å²) in [6.45, 7) is 0. The van der Waals surface area contributed by atoms with Crippen LogP contribution in [0.2, 0.25) is 0 Å². The molecule has 1 heterocycles. The van der Waals surface area contributed by atoms with E-state index in [1.807, 2.05) is 6.07 Å². The van der Waals surface area contributed by atoms with Gasteiger partial charge >= 0.3 is 5.97 Å². The molecule has 0 spiro atoms. The molecular formula is C21H13N3O5S. The minimum atomic E-state index is -1.08. The summed E-state index contributed by atoms with van der Waals surface area (Å²) in [5, 5.41) is 31.7. The van der Waals surface area contributed by atoms with E-state index in [2.05, 4.69) is 5.32 Å². The van der Waals surface area contributed by atoms with Crippen molar-refractivity contribution in [2.45, 2.75) is 0 Å². The van der Waals surface area contributed by atoms with Crippen molar-refractivity contribution in [1.29, 1.82) is 5.26 Å². The number of hydrogen-bond donors (Lipinski definition) is 2. The van der Waals surface area contributed by atoms with Crippen molar-refractivity contribution < 1.29 is 19.6 Å². The van der Waals surface area contributed by atoms with E-state index in [4.69, 9.17) is 5.11 Å². The van der Waals surface area contributed by atoms with Crippen LogP contribution in [0.15, 0.2) is 66.2 Å². The molecule has 30 heavy (non-hydrogen) atoms. The van der Waals surface area contributed by atoms with Gasteiger partial charge in [0.25, 0.3) is 11.6 Å². The first kappa shape index (κ1) is 20.4. The molecule has 9 heteroatoms. The minimum Gasteiger partial charge on any atom is -0.478 e. The Morgan fingerprint density at radius 1 is 1.13 bits per heavy atom.